The third-order valence-corrected chi connectivity index (χ3v) is 4.87. The first-order chi connectivity index (χ1) is 12.5. The van der Waals surface area contributed by atoms with Crippen molar-refractivity contribution in [1.82, 2.24) is 10.1 Å². The number of carbonyl (C=O) groups is 1. The molecule has 0 unspecified atom stereocenters. The average Bonchev–Trinajstić information content (AvgIpc) is 3.15. The second kappa shape index (κ2) is 5.92. The molecule has 4 rings (SSSR count). The van der Waals surface area contributed by atoms with E-state index in [0.29, 0.717) is 28.3 Å². The minimum atomic E-state index is -0.330. The van der Waals surface area contributed by atoms with Crippen LogP contribution in [0.25, 0.3) is 22.7 Å². The predicted molar refractivity (Wildman–Crippen MR) is 96.3 cm³/mol. The molecule has 1 aliphatic carbocycles. The summed E-state index contributed by atoms with van der Waals surface area (Å²) >= 11 is 0. The van der Waals surface area contributed by atoms with Crippen molar-refractivity contribution < 1.29 is 9.32 Å². The first-order valence-electron chi connectivity index (χ1n) is 8.50. The number of ketones is 1. The third kappa shape index (κ3) is 2.70. The molecule has 0 amide bonds. The Labute approximate surface area is 151 Å². The topological polar surface area (TPSA) is 79.8 Å². The SMILES string of the molecule is CC1(C)CCc2nc(-c3cc(-c4cccc(C#N)c4)on3)ccc2C1=O. The molecule has 0 N–H and O–H groups in total. The number of aryl methyl sites for hydroxylation is 1. The maximum Gasteiger partial charge on any atom is 0.170 e. The summed E-state index contributed by atoms with van der Waals surface area (Å²) in [5, 5.41) is 13.1. The lowest BCUT2D eigenvalue weighted by Crippen LogP contribution is -2.31. The van der Waals surface area contributed by atoms with E-state index < -0.39 is 0 Å². The number of aromatic nitrogens is 2. The molecular formula is C21H17N3O2. The molecule has 2 aromatic heterocycles. The summed E-state index contributed by atoms with van der Waals surface area (Å²) in [7, 11) is 0. The van der Waals surface area contributed by atoms with Crippen molar-refractivity contribution in [2.75, 3.05) is 0 Å². The van der Waals surface area contributed by atoms with Crippen molar-refractivity contribution in [2.45, 2.75) is 26.7 Å². The van der Waals surface area contributed by atoms with E-state index in [1.165, 1.54) is 0 Å². The van der Waals surface area contributed by atoms with Gasteiger partial charge in [0.05, 0.1) is 23.0 Å². The molecule has 1 aromatic carbocycles. The zero-order chi connectivity index (χ0) is 18.3. The number of nitriles is 1. The lowest BCUT2D eigenvalue weighted by atomic mass is 9.75. The number of rotatable bonds is 2. The van der Waals surface area contributed by atoms with Gasteiger partial charge in [0.2, 0.25) is 0 Å². The third-order valence-electron chi connectivity index (χ3n) is 4.87. The van der Waals surface area contributed by atoms with Gasteiger partial charge >= 0.3 is 0 Å². The van der Waals surface area contributed by atoms with Gasteiger partial charge in [0.25, 0.3) is 0 Å². The molecule has 128 valence electrons. The van der Waals surface area contributed by atoms with Crippen LogP contribution in [0.2, 0.25) is 0 Å². The standard InChI is InChI=1S/C21H17N3O2/c1-21(2)9-8-16-15(20(21)25)6-7-17(23-16)18-11-19(26-24-18)14-5-3-4-13(10-14)12-22/h3-7,10-11H,8-9H2,1-2H3. The van der Waals surface area contributed by atoms with Gasteiger partial charge in [-0.1, -0.05) is 31.1 Å². The molecule has 1 aliphatic rings. The summed E-state index contributed by atoms with van der Waals surface area (Å²) in [6, 6.07) is 14.7. The smallest absolute Gasteiger partial charge is 0.170 e. The fraction of sp³-hybridized carbons (Fsp3) is 0.238. The Bertz CT molecular complexity index is 1060. The molecule has 5 heteroatoms. The van der Waals surface area contributed by atoms with Gasteiger partial charge in [0.15, 0.2) is 11.5 Å². The van der Waals surface area contributed by atoms with Gasteiger partial charge in [-0.2, -0.15) is 5.26 Å². The zero-order valence-corrected chi connectivity index (χ0v) is 14.6. The predicted octanol–water partition coefficient (Wildman–Crippen LogP) is 4.43. The number of nitrogens with zero attached hydrogens (tertiary/aromatic N) is 3. The minimum Gasteiger partial charge on any atom is -0.356 e. The van der Waals surface area contributed by atoms with Crippen molar-refractivity contribution in [1.29, 1.82) is 5.26 Å². The second-order valence-corrected chi connectivity index (χ2v) is 7.17. The van der Waals surface area contributed by atoms with Crippen molar-refractivity contribution in [3.63, 3.8) is 0 Å². The van der Waals surface area contributed by atoms with Gasteiger partial charge in [0, 0.05) is 22.6 Å². The molecule has 5 nitrogen and oxygen atoms in total. The molecule has 0 fully saturated rings. The molecule has 0 saturated heterocycles. The summed E-state index contributed by atoms with van der Waals surface area (Å²) in [4.78, 5) is 17.2. The van der Waals surface area contributed by atoms with Crippen molar-refractivity contribution >= 4 is 5.78 Å². The minimum absolute atomic E-state index is 0.145. The van der Waals surface area contributed by atoms with Crippen LogP contribution in [0, 0.1) is 16.7 Å². The second-order valence-electron chi connectivity index (χ2n) is 7.17. The fourth-order valence-corrected chi connectivity index (χ4v) is 3.22. The van der Waals surface area contributed by atoms with E-state index in [0.717, 1.165) is 24.1 Å². The Morgan fingerprint density at radius 1 is 1.15 bits per heavy atom. The van der Waals surface area contributed by atoms with Crippen LogP contribution in [0.3, 0.4) is 0 Å². The number of hydrogen-bond acceptors (Lipinski definition) is 5. The van der Waals surface area contributed by atoms with Crippen LogP contribution >= 0.6 is 0 Å². The van der Waals surface area contributed by atoms with Gasteiger partial charge in [-0.3, -0.25) is 9.78 Å². The van der Waals surface area contributed by atoms with Crippen LogP contribution in [0.15, 0.2) is 47.0 Å². The molecule has 0 saturated carbocycles. The quantitative estimate of drug-likeness (QED) is 0.687. The normalized spacial score (nSPS) is 15.3. The Hall–Kier alpha value is -3.26. The van der Waals surface area contributed by atoms with Gasteiger partial charge in [-0.25, -0.2) is 0 Å². The highest BCUT2D eigenvalue weighted by atomic mass is 16.5. The van der Waals surface area contributed by atoms with Crippen LogP contribution in [-0.2, 0) is 6.42 Å². The number of carbonyl (C=O) groups excluding carboxylic acids is 1. The molecule has 0 bridgehead atoms. The molecule has 26 heavy (non-hydrogen) atoms. The molecular weight excluding hydrogens is 326 g/mol. The van der Waals surface area contributed by atoms with E-state index >= 15 is 0 Å². The highest BCUT2D eigenvalue weighted by Crippen LogP contribution is 2.35. The summed E-state index contributed by atoms with van der Waals surface area (Å²) in [5.41, 5.74) is 3.85. The first-order valence-corrected chi connectivity index (χ1v) is 8.50. The van der Waals surface area contributed by atoms with Crippen molar-refractivity contribution in [3.05, 3.63) is 59.3 Å². The molecule has 3 aromatic rings. The maximum atomic E-state index is 12.5. The summed E-state index contributed by atoms with van der Waals surface area (Å²) in [6.07, 6.45) is 1.57. The van der Waals surface area contributed by atoms with Crippen molar-refractivity contribution in [2.24, 2.45) is 5.41 Å². The van der Waals surface area contributed by atoms with E-state index in [9.17, 15) is 4.79 Å². The van der Waals surface area contributed by atoms with Gasteiger partial charge in [-0.15, -0.1) is 0 Å². The maximum absolute atomic E-state index is 12.5. The number of fused-ring (bicyclic) bond motifs is 1. The van der Waals surface area contributed by atoms with Crippen LogP contribution in [-0.4, -0.2) is 15.9 Å². The Morgan fingerprint density at radius 3 is 2.81 bits per heavy atom. The molecule has 0 radical (unpaired) electrons. The van der Waals surface area contributed by atoms with Gasteiger partial charge < -0.3 is 4.52 Å². The molecule has 0 aliphatic heterocycles. The van der Waals surface area contributed by atoms with Crippen LogP contribution in [0.5, 0.6) is 0 Å². The van der Waals surface area contributed by atoms with E-state index in [1.54, 1.807) is 24.3 Å². The Kier molecular flexibility index (Phi) is 3.69. The van der Waals surface area contributed by atoms with E-state index in [-0.39, 0.29) is 11.2 Å². The Balaban J connectivity index is 1.69. The lowest BCUT2D eigenvalue weighted by molar-refractivity contribution is 0.0809. The van der Waals surface area contributed by atoms with Crippen LogP contribution in [0.1, 0.15) is 41.9 Å². The van der Waals surface area contributed by atoms with Crippen LogP contribution < -0.4 is 0 Å². The molecule has 0 atom stereocenters. The van der Waals surface area contributed by atoms with Gasteiger partial charge in [0.1, 0.15) is 5.69 Å². The first kappa shape index (κ1) is 16.2. The number of pyridine rings is 1. The van der Waals surface area contributed by atoms with E-state index in [1.807, 2.05) is 32.0 Å². The highest BCUT2D eigenvalue weighted by Gasteiger charge is 2.35. The molecule has 2 heterocycles. The highest BCUT2D eigenvalue weighted by molar-refractivity contribution is 6.02. The largest absolute Gasteiger partial charge is 0.356 e. The van der Waals surface area contributed by atoms with Gasteiger partial charge in [-0.05, 0) is 37.1 Å². The number of hydrogen-bond donors (Lipinski definition) is 0. The zero-order valence-electron chi connectivity index (χ0n) is 14.6. The van der Waals surface area contributed by atoms with Crippen LogP contribution in [0.4, 0.5) is 0 Å². The summed E-state index contributed by atoms with van der Waals surface area (Å²) < 4.78 is 5.44. The summed E-state index contributed by atoms with van der Waals surface area (Å²) in [5.74, 6) is 0.723. The van der Waals surface area contributed by atoms with Crippen molar-refractivity contribution in [3.8, 4) is 28.8 Å². The summed E-state index contributed by atoms with van der Waals surface area (Å²) in [6.45, 7) is 3.96. The Morgan fingerprint density at radius 2 is 2.00 bits per heavy atom. The molecule has 0 spiro atoms. The van der Waals surface area contributed by atoms with E-state index in [2.05, 4.69) is 16.2 Å². The lowest BCUT2D eigenvalue weighted by Gasteiger charge is -2.28. The number of benzene rings is 1. The average molecular weight is 343 g/mol. The fourth-order valence-electron chi connectivity index (χ4n) is 3.22. The van der Waals surface area contributed by atoms with E-state index in [4.69, 9.17) is 9.78 Å². The monoisotopic (exact) mass is 343 g/mol. The number of Topliss-reactive ketones (excluding diaryl/α,β-unsaturated/α-hetero) is 1.